The number of hydrogen-bond acceptors (Lipinski definition) is 6. The smallest absolute Gasteiger partial charge is 0.162 e. The molecular weight excluding hydrogens is 328 g/mol. The molecular formula is C20H16N4O2. The SMILES string of the molecule is COc1ccc(-c2nnc(Nc3cccc(O)c3)c3cnccc23)cc1. The summed E-state index contributed by atoms with van der Waals surface area (Å²) in [5.41, 5.74) is 2.44. The molecule has 0 unspecified atom stereocenters. The van der Waals surface area contributed by atoms with Crippen molar-refractivity contribution in [3.63, 3.8) is 0 Å². The van der Waals surface area contributed by atoms with E-state index in [4.69, 9.17) is 4.74 Å². The summed E-state index contributed by atoms with van der Waals surface area (Å²) in [4.78, 5) is 4.22. The van der Waals surface area contributed by atoms with E-state index < -0.39 is 0 Å². The fourth-order valence-electron chi connectivity index (χ4n) is 2.77. The predicted molar refractivity (Wildman–Crippen MR) is 101 cm³/mol. The van der Waals surface area contributed by atoms with Gasteiger partial charge in [-0.05, 0) is 42.5 Å². The van der Waals surface area contributed by atoms with Gasteiger partial charge in [0.05, 0.1) is 7.11 Å². The number of pyridine rings is 1. The van der Waals surface area contributed by atoms with Crippen LogP contribution in [0.15, 0.2) is 67.0 Å². The molecule has 0 spiro atoms. The number of phenols is 1. The summed E-state index contributed by atoms with van der Waals surface area (Å²) in [5.74, 6) is 1.55. The molecule has 0 aliphatic rings. The second-order valence-electron chi connectivity index (χ2n) is 5.72. The summed E-state index contributed by atoms with van der Waals surface area (Å²) < 4.78 is 5.21. The zero-order valence-electron chi connectivity index (χ0n) is 14.0. The molecule has 128 valence electrons. The Bertz CT molecular complexity index is 1060. The number of hydrogen-bond donors (Lipinski definition) is 2. The maximum Gasteiger partial charge on any atom is 0.162 e. The number of ether oxygens (including phenoxy) is 1. The molecule has 26 heavy (non-hydrogen) atoms. The largest absolute Gasteiger partial charge is 0.508 e. The number of aromatic hydroxyl groups is 1. The van der Waals surface area contributed by atoms with E-state index in [0.29, 0.717) is 5.82 Å². The van der Waals surface area contributed by atoms with E-state index in [-0.39, 0.29) is 5.75 Å². The van der Waals surface area contributed by atoms with Gasteiger partial charge in [-0.15, -0.1) is 10.2 Å². The number of fused-ring (bicyclic) bond motifs is 1. The first-order valence-corrected chi connectivity index (χ1v) is 8.05. The molecule has 4 aromatic rings. The summed E-state index contributed by atoms with van der Waals surface area (Å²) in [6.45, 7) is 0. The summed E-state index contributed by atoms with van der Waals surface area (Å²) in [5, 5.41) is 23.4. The van der Waals surface area contributed by atoms with E-state index >= 15 is 0 Å². The first kappa shape index (κ1) is 15.8. The van der Waals surface area contributed by atoms with Gasteiger partial charge in [0.2, 0.25) is 0 Å². The highest BCUT2D eigenvalue weighted by Crippen LogP contribution is 2.31. The zero-order valence-corrected chi connectivity index (χ0v) is 14.0. The van der Waals surface area contributed by atoms with Crippen LogP contribution in [0.25, 0.3) is 22.0 Å². The van der Waals surface area contributed by atoms with Gasteiger partial charge < -0.3 is 15.2 Å². The quantitative estimate of drug-likeness (QED) is 0.579. The topological polar surface area (TPSA) is 80.2 Å². The Labute approximate surface area is 150 Å². The van der Waals surface area contributed by atoms with Crippen molar-refractivity contribution in [1.82, 2.24) is 15.2 Å². The minimum Gasteiger partial charge on any atom is -0.508 e. The van der Waals surface area contributed by atoms with Crippen LogP contribution in [0.5, 0.6) is 11.5 Å². The van der Waals surface area contributed by atoms with Crippen molar-refractivity contribution in [1.29, 1.82) is 0 Å². The van der Waals surface area contributed by atoms with Gasteiger partial charge in [0.25, 0.3) is 0 Å². The molecule has 0 saturated carbocycles. The Balaban J connectivity index is 1.80. The number of methoxy groups -OCH3 is 1. The monoisotopic (exact) mass is 344 g/mol. The van der Waals surface area contributed by atoms with Crippen LogP contribution < -0.4 is 10.1 Å². The van der Waals surface area contributed by atoms with Crippen LogP contribution in [-0.4, -0.2) is 27.4 Å². The average molecular weight is 344 g/mol. The predicted octanol–water partition coefficient (Wildman–Crippen LogP) is 4.15. The van der Waals surface area contributed by atoms with E-state index in [9.17, 15) is 5.11 Å². The van der Waals surface area contributed by atoms with Gasteiger partial charge in [-0.1, -0.05) is 6.07 Å². The maximum atomic E-state index is 9.64. The van der Waals surface area contributed by atoms with Gasteiger partial charge in [0, 0.05) is 40.5 Å². The highest BCUT2D eigenvalue weighted by molar-refractivity contribution is 6.00. The van der Waals surface area contributed by atoms with Crippen molar-refractivity contribution in [3.05, 3.63) is 67.0 Å². The Morgan fingerprint density at radius 3 is 2.58 bits per heavy atom. The van der Waals surface area contributed by atoms with Crippen LogP contribution in [0.3, 0.4) is 0 Å². The van der Waals surface area contributed by atoms with Crippen molar-refractivity contribution in [3.8, 4) is 22.8 Å². The molecule has 2 heterocycles. The van der Waals surface area contributed by atoms with Gasteiger partial charge in [-0.25, -0.2) is 0 Å². The Kier molecular flexibility index (Phi) is 4.07. The van der Waals surface area contributed by atoms with Crippen molar-refractivity contribution < 1.29 is 9.84 Å². The molecule has 0 aliphatic heterocycles. The van der Waals surface area contributed by atoms with Gasteiger partial charge in [-0.2, -0.15) is 0 Å². The summed E-state index contributed by atoms with van der Waals surface area (Å²) in [6, 6.07) is 16.4. The molecule has 0 radical (unpaired) electrons. The van der Waals surface area contributed by atoms with Crippen molar-refractivity contribution >= 4 is 22.3 Å². The lowest BCUT2D eigenvalue weighted by molar-refractivity contribution is 0.415. The lowest BCUT2D eigenvalue weighted by Crippen LogP contribution is -1.99. The molecule has 4 rings (SSSR count). The second kappa shape index (κ2) is 6.68. The minimum absolute atomic E-state index is 0.181. The average Bonchev–Trinajstić information content (AvgIpc) is 2.68. The van der Waals surface area contributed by atoms with E-state index in [1.165, 1.54) is 0 Å². The summed E-state index contributed by atoms with van der Waals surface area (Å²) in [6.07, 6.45) is 3.48. The van der Waals surface area contributed by atoms with Crippen molar-refractivity contribution in [2.75, 3.05) is 12.4 Å². The molecule has 0 saturated heterocycles. The van der Waals surface area contributed by atoms with Gasteiger partial charge >= 0.3 is 0 Å². The standard InChI is InChI=1S/C20H16N4O2/c1-26-16-7-5-13(6-8-16)19-17-9-10-21-12-18(17)20(24-23-19)22-14-3-2-4-15(25)11-14/h2-12,25H,1H3,(H,22,24). The number of benzene rings is 2. The number of phenolic OH excluding ortho intramolecular Hbond substituents is 1. The van der Waals surface area contributed by atoms with Crippen molar-refractivity contribution in [2.24, 2.45) is 0 Å². The molecule has 2 N–H and O–H groups in total. The number of nitrogens with one attached hydrogen (secondary N) is 1. The lowest BCUT2D eigenvalue weighted by atomic mass is 10.1. The number of anilines is 2. The number of nitrogens with zero attached hydrogens (tertiary/aromatic N) is 3. The third kappa shape index (κ3) is 3.00. The van der Waals surface area contributed by atoms with E-state index in [2.05, 4.69) is 20.5 Å². The molecule has 0 atom stereocenters. The maximum absolute atomic E-state index is 9.64. The molecule has 6 nitrogen and oxygen atoms in total. The van der Waals surface area contributed by atoms with Crippen LogP contribution in [0.4, 0.5) is 11.5 Å². The Morgan fingerprint density at radius 2 is 1.81 bits per heavy atom. The number of rotatable bonds is 4. The molecule has 0 aliphatic carbocycles. The highest BCUT2D eigenvalue weighted by Gasteiger charge is 2.12. The third-order valence-electron chi connectivity index (χ3n) is 4.05. The Morgan fingerprint density at radius 1 is 0.962 bits per heavy atom. The van der Waals surface area contributed by atoms with Crippen LogP contribution in [0.1, 0.15) is 0 Å². The molecule has 0 fully saturated rings. The highest BCUT2D eigenvalue weighted by atomic mass is 16.5. The fraction of sp³-hybridized carbons (Fsp3) is 0.0500. The van der Waals surface area contributed by atoms with Crippen LogP contribution in [0, 0.1) is 0 Å². The molecule has 0 amide bonds. The van der Waals surface area contributed by atoms with Crippen LogP contribution >= 0.6 is 0 Å². The van der Waals surface area contributed by atoms with Gasteiger partial charge in [0.1, 0.15) is 17.2 Å². The van der Waals surface area contributed by atoms with Gasteiger partial charge in [-0.3, -0.25) is 4.98 Å². The normalized spacial score (nSPS) is 10.7. The van der Waals surface area contributed by atoms with E-state index in [0.717, 1.165) is 33.5 Å². The first-order chi connectivity index (χ1) is 12.7. The molecule has 6 heteroatoms. The number of aromatic nitrogens is 3. The first-order valence-electron chi connectivity index (χ1n) is 8.05. The van der Waals surface area contributed by atoms with E-state index in [1.807, 2.05) is 36.4 Å². The summed E-state index contributed by atoms with van der Waals surface area (Å²) >= 11 is 0. The third-order valence-corrected chi connectivity index (χ3v) is 4.05. The Hall–Kier alpha value is -3.67. The molecule has 0 bridgehead atoms. The lowest BCUT2D eigenvalue weighted by Gasteiger charge is -2.11. The summed E-state index contributed by atoms with van der Waals surface area (Å²) in [7, 11) is 1.64. The fourth-order valence-corrected chi connectivity index (χ4v) is 2.77. The molecule has 2 aromatic heterocycles. The second-order valence-corrected chi connectivity index (χ2v) is 5.72. The van der Waals surface area contributed by atoms with Crippen LogP contribution in [-0.2, 0) is 0 Å². The van der Waals surface area contributed by atoms with E-state index in [1.54, 1.807) is 37.7 Å². The van der Waals surface area contributed by atoms with Gasteiger partial charge in [0.15, 0.2) is 5.82 Å². The van der Waals surface area contributed by atoms with Crippen LogP contribution in [0.2, 0.25) is 0 Å². The zero-order chi connectivity index (χ0) is 17.9. The molecule has 2 aromatic carbocycles. The van der Waals surface area contributed by atoms with Crippen molar-refractivity contribution in [2.45, 2.75) is 0 Å². The minimum atomic E-state index is 0.181.